The van der Waals surface area contributed by atoms with E-state index in [0.29, 0.717) is 19.0 Å². The topological polar surface area (TPSA) is 47.4 Å². The number of halogens is 1. The molecule has 0 radical (unpaired) electrons. The first-order valence-corrected chi connectivity index (χ1v) is 7.67. The molecule has 0 N–H and O–H groups in total. The maximum absolute atomic E-state index is 12.2. The Morgan fingerprint density at radius 2 is 2.19 bits per heavy atom. The summed E-state index contributed by atoms with van der Waals surface area (Å²) in [5.74, 6) is 0.708. The second kappa shape index (κ2) is 6.30. The highest BCUT2D eigenvalue weighted by Crippen LogP contribution is 2.24. The van der Waals surface area contributed by atoms with Crippen molar-refractivity contribution in [3.05, 3.63) is 47.3 Å². The van der Waals surface area contributed by atoms with Gasteiger partial charge in [0.1, 0.15) is 12.6 Å². The van der Waals surface area contributed by atoms with Crippen molar-refractivity contribution < 1.29 is 9.53 Å². The normalized spacial score (nSPS) is 18.0. The molecule has 2 aromatic heterocycles. The number of carbonyl (C=O) groups excluding carboxylic acids is 1. The van der Waals surface area contributed by atoms with Gasteiger partial charge in [-0.25, -0.2) is 4.98 Å². The summed E-state index contributed by atoms with van der Waals surface area (Å²) in [5.41, 5.74) is 0. The van der Waals surface area contributed by atoms with E-state index >= 15 is 0 Å². The van der Waals surface area contributed by atoms with Gasteiger partial charge in [0.05, 0.1) is 11.0 Å². The fourth-order valence-corrected chi connectivity index (χ4v) is 2.75. The molecule has 0 saturated carbocycles. The van der Waals surface area contributed by atoms with Crippen LogP contribution in [0.15, 0.2) is 47.3 Å². The Balaban J connectivity index is 1.56. The third kappa shape index (κ3) is 3.44. The maximum Gasteiger partial charge on any atom is 0.242 e. The predicted molar refractivity (Wildman–Crippen MR) is 82.0 cm³/mol. The van der Waals surface area contributed by atoms with E-state index < -0.39 is 0 Å². The minimum Gasteiger partial charge on any atom is -0.472 e. The van der Waals surface area contributed by atoms with E-state index in [1.165, 1.54) is 0 Å². The monoisotopic (exact) mass is 349 g/mol. The smallest absolute Gasteiger partial charge is 0.242 e. The predicted octanol–water partition coefficient (Wildman–Crippen LogP) is 2.33. The molecule has 110 valence electrons. The molecule has 21 heavy (non-hydrogen) atoms. The lowest BCUT2D eigenvalue weighted by molar-refractivity contribution is -0.131. The highest BCUT2D eigenvalue weighted by Gasteiger charge is 2.28. The lowest BCUT2D eigenvalue weighted by Gasteiger charge is -2.17. The fourth-order valence-electron chi connectivity index (χ4n) is 2.40. The minimum absolute atomic E-state index is 0.00446. The molecular formula is C15H16BrN3O2. The Hall–Kier alpha value is -1.82. The van der Waals surface area contributed by atoms with Gasteiger partial charge in [0.15, 0.2) is 0 Å². The Kier molecular flexibility index (Phi) is 4.24. The summed E-state index contributed by atoms with van der Waals surface area (Å²) in [6.45, 7) is 1.73. The second-order valence-corrected chi connectivity index (χ2v) is 5.87. The molecule has 2 aromatic rings. The van der Waals surface area contributed by atoms with Crippen LogP contribution in [0.3, 0.4) is 0 Å². The zero-order valence-electron chi connectivity index (χ0n) is 11.5. The number of nitrogens with zero attached hydrogens (tertiary/aromatic N) is 3. The van der Waals surface area contributed by atoms with Gasteiger partial charge in [-0.05, 0) is 40.2 Å². The van der Waals surface area contributed by atoms with Crippen LogP contribution in [0.25, 0.3) is 0 Å². The van der Waals surface area contributed by atoms with Gasteiger partial charge in [-0.15, -0.1) is 0 Å². The lowest BCUT2D eigenvalue weighted by Crippen LogP contribution is -2.33. The van der Waals surface area contributed by atoms with Crippen molar-refractivity contribution in [3.8, 4) is 5.88 Å². The number of likely N-dealkylation sites (tertiary alicyclic amines) is 1. The van der Waals surface area contributed by atoms with Gasteiger partial charge < -0.3 is 14.2 Å². The first-order valence-electron chi connectivity index (χ1n) is 6.88. The minimum atomic E-state index is 0.00446. The van der Waals surface area contributed by atoms with Crippen LogP contribution in [0.2, 0.25) is 0 Å². The van der Waals surface area contributed by atoms with Crippen molar-refractivity contribution in [2.45, 2.75) is 19.1 Å². The third-order valence-electron chi connectivity index (χ3n) is 3.48. The first kappa shape index (κ1) is 14.1. The van der Waals surface area contributed by atoms with Crippen LogP contribution in [0.4, 0.5) is 0 Å². The van der Waals surface area contributed by atoms with Gasteiger partial charge in [-0.3, -0.25) is 4.79 Å². The maximum atomic E-state index is 12.2. The molecule has 5 nitrogen and oxygen atoms in total. The number of amides is 1. The lowest BCUT2D eigenvalue weighted by atomic mass is 10.3. The molecule has 1 atom stereocenters. The van der Waals surface area contributed by atoms with Crippen LogP contribution in [-0.2, 0) is 11.3 Å². The Bertz CT molecular complexity index is 615. The summed E-state index contributed by atoms with van der Waals surface area (Å²) in [6.07, 6.45) is 6.33. The zero-order valence-corrected chi connectivity index (χ0v) is 13.1. The van der Waals surface area contributed by atoms with E-state index in [1.807, 2.05) is 46.1 Å². The molecule has 3 heterocycles. The van der Waals surface area contributed by atoms with Crippen molar-refractivity contribution in [1.82, 2.24) is 14.5 Å². The number of hydrogen-bond donors (Lipinski definition) is 0. The van der Waals surface area contributed by atoms with Crippen LogP contribution in [0.5, 0.6) is 5.88 Å². The molecule has 0 aromatic carbocycles. The molecule has 1 unspecified atom stereocenters. The molecular weight excluding hydrogens is 334 g/mol. The van der Waals surface area contributed by atoms with Gasteiger partial charge >= 0.3 is 0 Å². The molecule has 6 heteroatoms. The highest BCUT2D eigenvalue weighted by atomic mass is 79.9. The van der Waals surface area contributed by atoms with Crippen molar-refractivity contribution >= 4 is 21.8 Å². The summed E-state index contributed by atoms with van der Waals surface area (Å²) in [5, 5.41) is 0. The van der Waals surface area contributed by atoms with Crippen molar-refractivity contribution in [3.63, 3.8) is 0 Å². The van der Waals surface area contributed by atoms with Crippen LogP contribution in [0, 0.1) is 0 Å². The second-order valence-electron chi connectivity index (χ2n) is 5.01. The standard InChI is InChI=1S/C15H16BrN3O2/c16-13-4-3-6-17-15(13)21-12-5-9-19(10-12)14(20)11-18-7-1-2-8-18/h1-4,6-8,12H,5,9-11H2. The number of hydrogen-bond acceptors (Lipinski definition) is 3. The molecule has 1 amide bonds. The summed E-state index contributed by atoms with van der Waals surface area (Å²) >= 11 is 3.42. The fraction of sp³-hybridized carbons (Fsp3) is 0.333. The van der Waals surface area contributed by atoms with Crippen molar-refractivity contribution in [2.75, 3.05) is 13.1 Å². The summed E-state index contributed by atoms with van der Waals surface area (Å²) < 4.78 is 8.58. The zero-order chi connectivity index (χ0) is 14.7. The first-order chi connectivity index (χ1) is 10.2. The molecule has 0 spiro atoms. The van der Waals surface area contributed by atoms with Gasteiger partial charge in [0.2, 0.25) is 11.8 Å². The molecule has 1 fully saturated rings. The Labute approximate surface area is 131 Å². The van der Waals surface area contributed by atoms with Crippen LogP contribution in [-0.4, -0.2) is 39.6 Å². The Morgan fingerprint density at radius 1 is 1.38 bits per heavy atom. The van der Waals surface area contributed by atoms with Gasteiger partial charge in [0, 0.05) is 31.6 Å². The van der Waals surface area contributed by atoms with Gasteiger partial charge in [-0.1, -0.05) is 0 Å². The molecule has 3 rings (SSSR count). The van der Waals surface area contributed by atoms with Gasteiger partial charge in [-0.2, -0.15) is 0 Å². The molecule has 0 aliphatic carbocycles. The van der Waals surface area contributed by atoms with E-state index in [4.69, 9.17) is 4.74 Å². The van der Waals surface area contributed by atoms with Crippen molar-refractivity contribution in [2.24, 2.45) is 0 Å². The summed E-state index contributed by atoms with van der Waals surface area (Å²) in [4.78, 5) is 18.2. The summed E-state index contributed by atoms with van der Waals surface area (Å²) in [6, 6.07) is 7.58. The number of aromatic nitrogens is 2. The van der Waals surface area contributed by atoms with E-state index in [9.17, 15) is 4.79 Å². The Morgan fingerprint density at radius 3 is 2.95 bits per heavy atom. The van der Waals surface area contributed by atoms with Crippen molar-refractivity contribution in [1.29, 1.82) is 0 Å². The SMILES string of the molecule is O=C(Cn1cccc1)N1CCC(Oc2ncccc2Br)C1. The average Bonchev–Trinajstić information content (AvgIpc) is 3.13. The quantitative estimate of drug-likeness (QED) is 0.850. The average molecular weight is 350 g/mol. The van der Waals surface area contributed by atoms with E-state index in [1.54, 1.807) is 6.20 Å². The number of rotatable bonds is 4. The summed E-state index contributed by atoms with van der Waals surface area (Å²) in [7, 11) is 0. The van der Waals surface area contributed by atoms with Gasteiger partial charge in [0.25, 0.3) is 0 Å². The number of carbonyl (C=O) groups is 1. The van der Waals surface area contributed by atoms with E-state index in [-0.39, 0.29) is 12.0 Å². The van der Waals surface area contributed by atoms with E-state index in [0.717, 1.165) is 17.4 Å². The third-order valence-corrected chi connectivity index (χ3v) is 4.09. The van der Waals surface area contributed by atoms with Crippen LogP contribution in [0.1, 0.15) is 6.42 Å². The number of pyridine rings is 1. The molecule has 0 bridgehead atoms. The molecule has 1 aliphatic rings. The van der Waals surface area contributed by atoms with Crippen LogP contribution < -0.4 is 4.74 Å². The van der Waals surface area contributed by atoms with Crippen LogP contribution >= 0.6 is 15.9 Å². The number of ether oxygens (including phenoxy) is 1. The largest absolute Gasteiger partial charge is 0.472 e. The molecule has 1 saturated heterocycles. The molecule has 1 aliphatic heterocycles. The van der Waals surface area contributed by atoms with E-state index in [2.05, 4.69) is 20.9 Å². The highest BCUT2D eigenvalue weighted by molar-refractivity contribution is 9.10.